The summed E-state index contributed by atoms with van der Waals surface area (Å²) in [6.07, 6.45) is 7.55. The minimum Gasteiger partial charge on any atom is -0.388 e. The number of aromatic nitrogens is 2. The lowest BCUT2D eigenvalue weighted by Gasteiger charge is -2.48. The molecule has 3 unspecified atom stereocenters. The van der Waals surface area contributed by atoms with E-state index in [1.807, 2.05) is 10.9 Å². The Morgan fingerprint density at radius 2 is 1.70 bits per heavy atom. The highest BCUT2D eigenvalue weighted by atomic mass is 19.1. The second-order valence-corrected chi connectivity index (χ2v) is 10.9. The van der Waals surface area contributed by atoms with Crippen LogP contribution >= 0.6 is 0 Å². The van der Waals surface area contributed by atoms with Crippen molar-refractivity contribution >= 4 is 27.6 Å². The monoisotopic (exact) mass is 488 g/mol. The largest absolute Gasteiger partial charge is 0.388 e. The summed E-state index contributed by atoms with van der Waals surface area (Å²) < 4.78 is 15.4. The molecule has 37 heavy (non-hydrogen) atoms. The van der Waals surface area contributed by atoms with E-state index in [4.69, 9.17) is 0 Å². The van der Waals surface area contributed by atoms with Crippen LogP contribution in [0, 0.1) is 17.2 Å². The van der Waals surface area contributed by atoms with E-state index in [1.54, 1.807) is 12.1 Å². The second kappa shape index (κ2) is 8.39. The first-order chi connectivity index (χ1) is 18.0. The molecule has 1 aromatic heterocycles. The van der Waals surface area contributed by atoms with E-state index in [1.165, 1.54) is 39.4 Å². The van der Waals surface area contributed by atoms with Crippen LogP contribution < -0.4 is 0 Å². The van der Waals surface area contributed by atoms with Crippen LogP contribution in [0.2, 0.25) is 0 Å². The number of aliphatic hydroxyl groups is 1. The van der Waals surface area contributed by atoms with Crippen molar-refractivity contribution < 1.29 is 9.50 Å². The fourth-order valence-corrected chi connectivity index (χ4v) is 6.92. The van der Waals surface area contributed by atoms with Gasteiger partial charge in [0.2, 0.25) is 0 Å². The van der Waals surface area contributed by atoms with Crippen LogP contribution in [0.3, 0.4) is 0 Å². The standard InChI is InChI=1S/C33H29FN2O/c1-33-19-22-20-35-36(25-15-13-24(34)14-16-25)31(22)18-23(33)8-6-12-30(33)32(37)29-17-21-7-2-3-9-26(21)27-10-4-5-11-28(27)29/h2-5,7,9-11,13-18,20,30,32,37H,6,8,12,19H2,1H3. The van der Waals surface area contributed by atoms with Crippen LogP contribution in [0.1, 0.15) is 49.1 Å². The van der Waals surface area contributed by atoms with Crippen LogP contribution in [-0.2, 0) is 6.42 Å². The predicted octanol–water partition coefficient (Wildman–Crippen LogP) is 7.80. The van der Waals surface area contributed by atoms with Crippen LogP contribution in [0.5, 0.6) is 0 Å². The lowest BCUT2D eigenvalue weighted by atomic mass is 9.57. The lowest BCUT2D eigenvalue weighted by Crippen LogP contribution is -2.40. The molecule has 0 saturated heterocycles. The Morgan fingerprint density at radius 3 is 2.51 bits per heavy atom. The summed E-state index contributed by atoms with van der Waals surface area (Å²) in [5.41, 5.74) is 5.36. The highest BCUT2D eigenvalue weighted by Gasteiger charge is 2.46. The molecule has 0 aliphatic heterocycles. The van der Waals surface area contributed by atoms with E-state index in [2.05, 4.69) is 72.7 Å². The molecule has 7 rings (SSSR count). The van der Waals surface area contributed by atoms with Crippen LogP contribution in [0.25, 0.3) is 33.3 Å². The van der Waals surface area contributed by atoms with Crippen molar-refractivity contribution in [3.05, 3.63) is 113 Å². The number of hydrogen-bond donors (Lipinski definition) is 1. The second-order valence-electron chi connectivity index (χ2n) is 10.9. The molecule has 0 radical (unpaired) electrons. The number of allylic oxidation sites excluding steroid dienone is 1. The Morgan fingerprint density at radius 1 is 0.973 bits per heavy atom. The lowest BCUT2D eigenvalue weighted by molar-refractivity contribution is 0.0227. The van der Waals surface area contributed by atoms with Crippen molar-refractivity contribution in [2.24, 2.45) is 11.3 Å². The first kappa shape index (κ1) is 22.4. The van der Waals surface area contributed by atoms with Gasteiger partial charge in [-0.2, -0.15) is 5.10 Å². The third-order valence-corrected chi connectivity index (χ3v) is 8.84. The van der Waals surface area contributed by atoms with Crippen molar-refractivity contribution in [1.82, 2.24) is 9.78 Å². The highest BCUT2D eigenvalue weighted by molar-refractivity contribution is 6.09. The van der Waals surface area contributed by atoms with E-state index in [0.717, 1.165) is 48.0 Å². The van der Waals surface area contributed by atoms with Gasteiger partial charge in [0.1, 0.15) is 5.82 Å². The van der Waals surface area contributed by atoms with Gasteiger partial charge < -0.3 is 5.11 Å². The Hall–Kier alpha value is -3.76. The van der Waals surface area contributed by atoms with Gasteiger partial charge >= 0.3 is 0 Å². The summed E-state index contributed by atoms with van der Waals surface area (Å²) >= 11 is 0. The number of aliphatic hydroxyl groups excluding tert-OH is 1. The average molecular weight is 489 g/mol. The maximum Gasteiger partial charge on any atom is 0.123 e. The summed E-state index contributed by atoms with van der Waals surface area (Å²) in [6.45, 7) is 2.33. The zero-order valence-electron chi connectivity index (χ0n) is 20.9. The molecule has 2 aliphatic rings. The third kappa shape index (κ3) is 3.47. The van der Waals surface area contributed by atoms with Crippen molar-refractivity contribution in [3.8, 4) is 5.69 Å². The molecule has 2 aliphatic carbocycles. The maximum absolute atomic E-state index is 13.5. The Labute approximate surface area is 215 Å². The van der Waals surface area contributed by atoms with Gasteiger partial charge in [-0.3, -0.25) is 0 Å². The Bertz CT molecular complexity index is 1680. The fourth-order valence-electron chi connectivity index (χ4n) is 6.92. The third-order valence-electron chi connectivity index (χ3n) is 8.84. The summed E-state index contributed by atoms with van der Waals surface area (Å²) in [4.78, 5) is 0. The van der Waals surface area contributed by atoms with Crippen LogP contribution in [0.4, 0.5) is 4.39 Å². The smallest absolute Gasteiger partial charge is 0.123 e. The summed E-state index contributed by atoms with van der Waals surface area (Å²) in [6, 6.07) is 25.6. The van der Waals surface area contributed by atoms with Crippen LogP contribution in [-0.4, -0.2) is 14.9 Å². The van der Waals surface area contributed by atoms with Crippen LogP contribution in [0.15, 0.2) is 90.6 Å². The van der Waals surface area contributed by atoms with Gasteiger partial charge in [0.05, 0.1) is 23.7 Å². The Kier molecular flexibility index (Phi) is 5.09. The van der Waals surface area contributed by atoms with Gasteiger partial charge in [0.25, 0.3) is 0 Å². The molecule has 0 bridgehead atoms. The fraction of sp³-hybridized carbons (Fsp3) is 0.242. The molecule has 4 heteroatoms. The Balaban J connectivity index is 1.31. The van der Waals surface area contributed by atoms with Gasteiger partial charge in [0.15, 0.2) is 0 Å². The number of hydrogen-bond acceptors (Lipinski definition) is 2. The summed E-state index contributed by atoms with van der Waals surface area (Å²) in [5, 5.41) is 21.5. The van der Waals surface area contributed by atoms with E-state index in [9.17, 15) is 9.50 Å². The number of halogens is 1. The first-order valence-electron chi connectivity index (χ1n) is 13.2. The molecule has 5 aromatic rings. The summed E-state index contributed by atoms with van der Waals surface area (Å²) in [7, 11) is 0. The quantitative estimate of drug-likeness (QED) is 0.263. The normalized spacial score (nSPS) is 21.9. The SMILES string of the molecule is CC12Cc3cnn(-c4ccc(F)cc4)c3C=C1CCCC2C(O)c1cc2ccccc2c2ccccc12. The number of rotatable bonds is 3. The molecule has 3 nitrogen and oxygen atoms in total. The van der Waals surface area contributed by atoms with Gasteiger partial charge in [-0.1, -0.05) is 61.0 Å². The molecular weight excluding hydrogens is 459 g/mol. The molecule has 0 amide bonds. The van der Waals surface area contributed by atoms with E-state index < -0.39 is 6.10 Å². The molecule has 4 aromatic carbocycles. The molecular formula is C33H29FN2O. The van der Waals surface area contributed by atoms with Gasteiger partial charge in [-0.15, -0.1) is 0 Å². The zero-order valence-corrected chi connectivity index (χ0v) is 20.9. The maximum atomic E-state index is 13.5. The van der Waals surface area contributed by atoms with E-state index >= 15 is 0 Å². The molecule has 1 N–H and O–H groups in total. The molecule has 1 fully saturated rings. The summed E-state index contributed by atoms with van der Waals surface area (Å²) in [5.74, 6) is -0.152. The predicted molar refractivity (Wildman–Crippen MR) is 147 cm³/mol. The molecule has 1 heterocycles. The van der Waals surface area contributed by atoms with E-state index in [0.29, 0.717) is 0 Å². The van der Waals surface area contributed by atoms with Crippen molar-refractivity contribution in [2.75, 3.05) is 0 Å². The zero-order chi connectivity index (χ0) is 25.1. The van der Waals surface area contributed by atoms with Gasteiger partial charge in [-0.25, -0.2) is 9.07 Å². The van der Waals surface area contributed by atoms with Crippen molar-refractivity contribution in [2.45, 2.75) is 38.7 Å². The number of nitrogens with zero attached hydrogens (tertiary/aromatic N) is 2. The van der Waals surface area contributed by atoms with Gasteiger partial charge in [-0.05, 0) is 106 Å². The molecule has 1 saturated carbocycles. The minimum absolute atomic E-state index is 0.0967. The van der Waals surface area contributed by atoms with Crippen molar-refractivity contribution in [3.63, 3.8) is 0 Å². The minimum atomic E-state index is -0.572. The number of benzene rings is 4. The van der Waals surface area contributed by atoms with Crippen molar-refractivity contribution in [1.29, 1.82) is 0 Å². The first-order valence-corrected chi connectivity index (χ1v) is 13.2. The highest BCUT2D eigenvalue weighted by Crippen LogP contribution is 2.55. The number of fused-ring (bicyclic) bond motifs is 5. The average Bonchev–Trinajstić information content (AvgIpc) is 3.32. The molecule has 184 valence electrons. The van der Waals surface area contributed by atoms with Gasteiger partial charge in [0, 0.05) is 0 Å². The topological polar surface area (TPSA) is 38.0 Å². The molecule has 0 spiro atoms. The molecule has 3 atom stereocenters. The van der Waals surface area contributed by atoms with E-state index in [-0.39, 0.29) is 17.2 Å².